The van der Waals surface area contributed by atoms with Crippen LogP contribution in [0.1, 0.15) is 105 Å². The quantitative estimate of drug-likeness (QED) is 0.129. The molecule has 2 aliphatic heterocycles. The summed E-state index contributed by atoms with van der Waals surface area (Å²) in [5.41, 5.74) is 19.2. The summed E-state index contributed by atoms with van der Waals surface area (Å²) in [5, 5.41) is 7.84. The maximum absolute atomic E-state index is 2.62. The zero-order valence-corrected chi connectivity index (χ0v) is 40.4. The molecular formula is C62H61BN2. The van der Waals surface area contributed by atoms with Crippen molar-refractivity contribution in [2.75, 3.05) is 9.80 Å². The molecule has 2 heterocycles. The lowest BCUT2D eigenvalue weighted by Gasteiger charge is -2.45. The summed E-state index contributed by atoms with van der Waals surface area (Å²) >= 11 is 0. The Morgan fingerprint density at radius 3 is 1.35 bits per heavy atom. The van der Waals surface area contributed by atoms with Gasteiger partial charge < -0.3 is 9.80 Å². The molecule has 2 aliphatic rings. The summed E-state index contributed by atoms with van der Waals surface area (Å²) < 4.78 is 0. The Balaban J connectivity index is 1.23. The second-order valence-corrected chi connectivity index (χ2v) is 23.1. The second kappa shape index (κ2) is 14.1. The van der Waals surface area contributed by atoms with Crippen LogP contribution in [0, 0.1) is 0 Å². The van der Waals surface area contributed by atoms with E-state index in [0.29, 0.717) is 0 Å². The third-order valence-corrected chi connectivity index (χ3v) is 14.6. The molecule has 9 aromatic carbocycles. The van der Waals surface area contributed by atoms with Crippen LogP contribution in [0.5, 0.6) is 0 Å². The molecule has 322 valence electrons. The molecule has 0 radical (unpaired) electrons. The summed E-state index contributed by atoms with van der Waals surface area (Å²) in [7, 11) is 0. The lowest BCUT2D eigenvalue weighted by atomic mass is 9.33. The monoisotopic (exact) mass is 844 g/mol. The van der Waals surface area contributed by atoms with E-state index in [4.69, 9.17) is 0 Å². The van der Waals surface area contributed by atoms with Gasteiger partial charge >= 0.3 is 0 Å². The Kier molecular flexibility index (Phi) is 8.97. The van der Waals surface area contributed by atoms with E-state index in [0.717, 1.165) is 0 Å². The Morgan fingerprint density at radius 1 is 0.338 bits per heavy atom. The normalized spacial score (nSPS) is 14.1. The Bertz CT molecular complexity index is 3350. The van der Waals surface area contributed by atoms with Gasteiger partial charge in [-0.1, -0.05) is 186 Å². The van der Waals surface area contributed by atoms with E-state index in [1.165, 1.54) is 116 Å². The van der Waals surface area contributed by atoms with Crippen LogP contribution in [0.15, 0.2) is 152 Å². The van der Waals surface area contributed by atoms with Crippen LogP contribution in [-0.2, 0) is 21.7 Å². The van der Waals surface area contributed by atoms with Crippen LogP contribution in [0.3, 0.4) is 0 Å². The lowest BCUT2D eigenvalue weighted by Crippen LogP contribution is -2.61. The summed E-state index contributed by atoms with van der Waals surface area (Å²) in [4.78, 5) is 5.17. The van der Waals surface area contributed by atoms with Gasteiger partial charge in [0.2, 0.25) is 0 Å². The van der Waals surface area contributed by atoms with E-state index in [1.54, 1.807) is 0 Å². The van der Waals surface area contributed by atoms with Crippen molar-refractivity contribution in [3.63, 3.8) is 0 Å². The van der Waals surface area contributed by atoms with Gasteiger partial charge in [0.1, 0.15) is 0 Å². The number of fused-ring (bicyclic) bond motifs is 4. The second-order valence-electron chi connectivity index (χ2n) is 23.1. The fourth-order valence-electron chi connectivity index (χ4n) is 10.9. The summed E-state index contributed by atoms with van der Waals surface area (Å²) in [5.74, 6) is 0. The molecule has 9 aromatic rings. The van der Waals surface area contributed by atoms with Gasteiger partial charge in [-0.15, -0.1) is 0 Å². The molecule has 0 spiro atoms. The molecule has 0 aromatic heterocycles. The topological polar surface area (TPSA) is 6.48 Å². The van der Waals surface area contributed by atoms with E-state index >= 15 is 0 Å². The Hall–Kier alpha value is -6.32. The third-order valence-electron chi connectivity index (χ3n) is 14.6. The van der Waals surface area contributed by atoms with Crippen molar-refractivity contribution in [1.82, 2.24) is 0 Å². The number of anilines is 6. The van der Waals surface area contributed by atoms with Crippen LogP contribution < -0.4 is 26.2 Å². The first kappa shape index (κ1) is 41.4. The van der Waals surface area contributed by atoms with Crippen molar-refractivity contribution in [2.45, 2.75) is 105 Å². The minimum atomic E-state index is -0.0486. The molecule has 65 heavy (non-hydrogen) atoms. The van der Waals surface area contributed by atoms with E-state index in [2.05, 4.69) is 245 Å². The minimum Gasteiger partial charge on any atom is -0.311 e. The van der Waals surface area contributed by atoms with Gasteiger partial charge in [-0.05, 0) is 147 Å². The fourth-order valence-corrected chi connectivity index (χ4v) is 10.9. The van der Waals surface area contributed by atoms with Crippen LogP contribution in [0.2, 0.25) is 0 Å². The highest BCUT2D eigenvalue weighted by Crippen LogP contribution is 2.50. The van der Waals surface area contributed by atoms with Crippen LogP contribution in [0.4, 0.5) is 34.1 Å². The maximum Gasteiger partial charge on any atom is 0.252 e. The van der Waals surface area contributed by atoms with Gasteiger partial charge in [-0.2, -0.15) is 0 Å². The molecular weight excluding hydrogens is 784 g/mol. The molecule has 3 heteroatoms. The fraction of sp³-hybridized carbons (Fsp3) is 0.258. The molecule has 0 bridgehead atoms. The van der Waals surface area contributed by atoms with Gasteiger partial charge in [-0.3, -0.25) is 0 Å². The van der Waals surface area contributed by atoms with E-state index in [9.17, 15) is 0 Å². The summed E-state index contributed by atoms with van der Waals surface area (Å²) in [6.07, 6.45) is 0. The van der Waals surface area contributed by atoms with Gasteiger partial charge in [-0.25, -0.2) is 0 Å². The molecule has 11 rings (SSSR count). The van der Waals surface area contributed by atoms with E-state index in [-0.39, 0.29) is 28.4 Å². The van der Waals surface area contributed by atoms with Crippen molar-refractivity contribution >= 4 is 89.5 Å². The molecule has 2 nitrogen and oxygen atoms in total. The average Bonchev–Trinajstić information content (AvgIpc) is 3.26. The largest absolute Gasteiger partial charge is 0.311 e. The van der Waals surface area contributed by atoms with E-state index in [1.807, 2.05) is 0 Å². The highest BCUT2D eigenvalue weighted by atomic mass is 15.2. The minimum absolute atomic E-state index is 0.0187. The first-order chi connectivity index (χ1) is 30.8. The van der Waals surface area contributed by atoms with Crippen molar-refractivity contribution in [3.8, 4) is 11.1 Å². The Morgan fingerprint density at radius 2 is 0.785 bits per heavy atom. The molecule has 0 saturated heterocycles. The Labute approximate surface area is 387 Å². The number of benzene rings is 9. The van der Waals surface area contributed by atoms with Crippen LogP contribution in [0.25, 0.3) is 43.4 Å². The zero-order valence-electron chi connectivity index (χ0n) is 40.4. The lowest BCUT2D eigenvalue weighted by molar-refractivity contribution is 0.590. The van der Waals surface area contributed by atoms with Crippen molar-refractivity contribution in [3.05, 3.63) is 174 Å². The zero-order chi connectivity index (χ0) is 45.5. The van der Waals surface area contributed by atoms with Gasteiger partial charge in [0.15, 0.2) is 0 Å². The highest BCUT2D eigenvalue weighted by molar-refractivity contribution is 7.00. The maximum atomic E-state index is 2.62. The molecule has 0 amide bonds. The van der Waals surface area contributed by atoms with Crippen molar-refractivity contribution in [2.24, 2.45) is 0 Å². The molecule has 0 atom stereocenters. The number of hydrogen-bond donors (Lipinski definition) is 0. The number of hydrogen-bond acceptors (Lipinski definition) is 2. The summed E-state index contributed by atoms with van der Waals surface area (Å²) in [6, 6.07) is 59.1. The average molecular weight is 845 g/mol. The number of nitrogens with zero attached hydrogens (tertiary/aromatic N) is 2. The van der Waals surface area contributed by atoms with E-state index < -0.39 is 0 Å². The molecule has 0 saturated carbocycles. The number of rotatable bonds is 3. The first-order valence-electron chi connectivity index (χ1n) is 23.7. The SMILES string of the molecule is CC(C)(C)c1ccc(N2c3ccc(C(C)(C)C)cc3B3c4cc(C(C)(C)C)ccc4N(c4ccc(C(C)(C)C)cc4-c4ccc5ccc6cccc7ccc4c5c67)c4cccc2c43)cc1. The highest BCUT2D eigenvalue weighted by Gasteiger charge is 2.44. The van der Waals surface area contributed by atoms with Crippen LogP contribution in [-0.4, -0.2) is 6.71 Å². The van der Waals surface area contributed by atoms with Gasteiger partial charge in [0, 0.05) is 34.0 Å². The van der Waals surface area contributed by atoms with Crippen LogP contribution >= 0.6 is 0 Å². The third kappa shape index (κ3) is 6.52. The first-order valence-corrected chi connectivity index (χ1v) is 23.7. The van der Waals surface area contributed by atoms with Crippen molar-refractivity contribution < 1.29 is 0 Å². The molecule has 0 fully saturated rings. The molecule has 0 N–H and O–H groups in total. The van der Waals surface area contributed by atoms with Crippen molar-refractivity contribution in [1.29, 1.82) is 0 Å². The smallest absolute Gasteiger partial charge is 0.252 e. The van der Waals surface area contributed by atoms with Gasteiger partial charge in [0.05, 0.1) is 5.69 Å². The molecule has 0 unspecified atom stereocenters. The molecule has 0 aliphatic carbocycles. The van der Waals surface area contributed by atoms with Gasteiger partial charge in [0.25, 0.3) is 6.71 Å². The predicted octanol–water partition coefficient (Wildman–Crippen LogP) is 15.5. The standard InChI is InChI=1S/C62H61BN2/c1-59(2,3)41-23-28-45(29-24-41)64-52-33-26-43(61(7,8)9)36-49(52)63-50-37-44(62(10,11)12)27-34-53(50)65(55-18-14-17-54(64)58(55)63)51-32-25-42(60(4,5)6)35-48(51)46-30-21-40-20-19-38-15-13-16-39-22-31-47(46)57(40)56(38)39/h13-37H,1-12H3. The predicted molar refractivity (Wildman–Crippen MR) is 284 cm³/mol. The summed E-state index contributed by atoms with van der Waals surface area (Å²) in [6.45, 7) is 28.0.